The monoisotopic (exact) mass is 174 g/mol. The van der Waals surface area contributed by atoms with E-state index >= 15 is 0 Å². The van der Waals surface area contributed by atoms with Gasteiger partial charge >= 0.3 is 5.97 Å². The first-order chi connectivity index (χ1) is 5.25. The van der Waals surface area contributed by atoms with Crippen LogP contribution in [0.2, 0.25) is 0 Å². The standard InChI is InChI=1S/C7H10O3S/c1-10-7(8)6-4-2-3-5-11(6)9/h2-3,6H,4-5H2,1H3/t6-,11+/m1/s1. The molecule has 0 radical (unpaired) electrons. The Hall–Kier alpha value is -0.640. The Morgan fingerprint density at radius 3 is 2.91 bits per heavy atom. The van der Waals surface area contributed by atoms with E-state index in [-0.39, 0.29) is 5.97 Å². The Balaban J connectivity index is 2.64. The van der Waals surface area contributed by atoms with Crippen molar-refractivity contribution in [2.45, 2.75) is 11.7 Å². The van der Waals surface area contributed by atoms with E-state index in [1.165, 1.54) is 7.11 Å². The van der Waals surface area contributed by atoms with E-state index in [9.17, 15) is 9.00 Å². The maximum absolute atomic E-state index is 11.2. The minimum Gasteiger partial charge on any atom is -0.468 e. The Kier molecular flexibility index (Phi) is 2.82. The van der Waals surface area contributed by atoms with Gasteiger partial charge in [-0.15, -0.1) is 0 Å². The third kappa shape index (κ3) is 1.89. The van der Waals surface area contributed by atoms with Crippen LogP contribution >= 0.6 is 0 Å². The number of carbonyl (C=O) groups excluding carboxylic acids is 1. The van der Waals surface area contributed by atoms with Crippen molar-refractivity contribution in [2.75, 3.05) is 12.9 Å². The normalized spacial score (nSPS) is 29.9. The van der Waals surface area contributed by atoms with Gasteiger partial charge in [-0.25, -0.2) is 0 Å². The molecule has 0 saturated heterocycles. The summed E-state index contributed by atoms with van der Waals surface area (Å²) in [5, 5.41) is -0.440. The van der Waals surface area contributed by atoms with Gasteiger partial charge in [0.05, 0.1) is 7.11 Å². The van der Waals surface area contributed by atoms with Crippen LogP contribution in [-0.2, 0) is 20.3 Å². The van der Waals surface area contributed by atoms with Crippen molar-refractivity contribution >= 4 is 16.8 Å². The van der Waals surface area contributed by atoms with Crippen molar-refractivity contribution in [3.63, 3.8) is 0 Å². The SMILES string of the molecule is COC(=O)[C@H]1CC=CC[S@@]1=O. The van der Waals surface area contributed by atoms with Crippen LogP contribution < -0.4 is 0 Å². The molecule has 1 rings (SSSR count). The molecular formula is C7H10O3S. The number of ether oxygens (including phenoxy) is 1. The Labute approximate surface area is 67.9 Å². The summed E-state index contributed by atoms with van der Waals surface area (Å²) >= 11 is 0. The highest BCUT2D eigenvalue weighted by molar-refractivity contribution is 7.86. The zero-order valence-electron chi connectivity index (χ0n) is 6.28. The summed E-state index contributed by atoms with van der Waals surface area (Å²) in [5.41, 5.74) is 0. The quantitative estimate of drug-likeness (QED) is 0.422. The van der Waals surface area contributed by atoms with Crippen molar-refractivity contribution in [1.82, 2.24) is 0 Å². The van der Waals surface area contributed by atoms with Gasteiger partial charge < -0.3 is 4.74 Å². The molecule has 0 spiro atoms. The number of esters is 1. The van der Waals surface area contributed by atoms with Gasteiger partial charge in [-0.1, -0.05) is 12.2 Å². The number of carbonyl (C=O) groups is 1. The van der Waals surface area contributed by atoms with Gasteiger partial charge in [0.15, 0.2) is 0 Å². The van der Waals surface area contributed by atoms with Crippen LogP contribution in [0.3, 0.4) is 0 Å². The fourth-order valence-corrected chi connectivity index (χ4v) is 2.14. The van der Waals surface area contributed by atoms with Gasteiger partial charge in [0.25, 0.3) is 0 Å². The molecule has 0 unspecified atom stereocenters. The van der Waals surface area contributed by atoms with Crippen LogP contribution in [0.4, 0.5) is 0 Å². The van der Waals surface area contributed by atoms with Gasteiger partial charge in [-0.05, 0) is 6.42 Å². The van der Waals surface area contributed by atoms with E-state index in [0.29, 0.717) is 12.2 Å². The summed E-state index contributed by atoms with van der Waals surface area (Å²) in [6.45, 7) is 0. The summed E-state index contributed by atoms with van der Waals surface area (Å²) in [7, 11) is 0.248. The van der Waals surface area contributed by atoms with E-state index in [1.54, 1.807) is 0 Å². The lowest BCUT2D eigenvalue weighted by molar-refractivity contribution is -0.139. The molecule has 0 saturated carbocycles. The summed E-state index contributed by atoms with van der Waals surface area (Å²) in [6, 6.07) is 0. The van der Waals surface area contributed by atoms with Gasteiger partial charge in [0.2, 0.25) is 0 Å². The molecule has 0 aromatic carbocycles. The molecule has 0 amide bonds. The molecular weight excluding hydrogens is 164 g/mol. The van der Waals surface area contributed by atoms with Gasteiger partial charge in [-0.2, -0.15) is 0 Å². The molecule has 4 heteroatoms. The maximum Gasteiger partial charge on any atom is 0.321 e. The highest BCUT2D eigenvalue weighted by atomic mass is 32.2. The molecule has 11 heavy (non-hydrogen) atoms. The Morgan fingerprint density at radius 2 is 2.36 bits per heavy atom. The third-order valence-corrected chi connectivity index (χ3v) is 3.10. The van der Waals surface area contributed by atoms with Crippen molar-refractivity contribution < 1.29 is 13.7 Å². The molecule has 0 fully saturated rings. The van der Waals surface area contributed by atoms with Crippen LogP contribution in [0.25, 0.3) is 0 Å². The topological polar surface area (TPSA) is 43.4 Å². The lowest BCUT2D eigenvalue weighted by atomic mass is 10.3. The molecule has 0 bridgehead atoms. The number of hydrogen-bond acceptors (Lipinski definition) is 3. The molecule has 2 atom stereocenters. The lowest BCUT2D eigenvalue weighted by Gasteiger charge is -2.14. The summed E-state index contributed by atoms with van der Waals surface area (Å²) in [5.74, 6) is 0.104. The average molecular weight is 174 g/mol. The fourth-order valence-electron chi connectivity index (χ4n) is 0.941. The van der Waals surface area contributed by atoms with Crippen molar-refractivity contribution in [1.29, 1.82) is 0 Å². The van der Waals surface area contributed by atoms with Crippen LogP contribution in [0.15, 0.2) is 12.2 Å². The molecule has 1 aliphatic rings. The first-order valence-electron chi connectivity index (χ1n) is 3.35. The average Bonchev–Trinajstić information content (AvgIpc) is 2.04. The zero-order valence-corrected chi connectivity index (χ0v) is 7.10. The molecule has 3 nitrogen and oxygen atoms in total. The number of methoxy groups -OCH3 is 1. The predicted octanol–water partition coefficient (Wildman–Crippen LogP) is 0.237. The minimum atomic E-state index is -1.07. The van der Waals surface area contributed by atoms with Gasteiger partial charge in [0, 0.05) is 16.6 Å². The zero-order chi connectivity index (χ0) is 8.27. The van der Waals surface area contributed by atoms with Crippen LogP contribution in [0, 0.1) is 0 Å². The van der Waals surface area contributed by atoms with Crippen LogP contribution in [-0.4, -0.2) is 28.3 Å². The first kappa shape index (κ1) is 8.46. The predicted molar refractivity (Wildman–Crippen MR) is 42.6 cm³/mol. The summed E-state index contributed by atoms with van der Waals surface area (Å²) in [6.07, 6.45) is 4.23. The van der Waals surface area contributed by atoms with Crippen LogP contribution in [0.5, 0.6) is 0 Å². The van der Waals surface area contributed by atoms with Gasteiger partial charge in [-0.3, -0.25) is 9.00 Å². The summed E-state index contributed by atoms with van der Waals surface area (Å²) < 4.78 is 15.6. The van der Waals surface area contributed by atoms with Crippen molar-refractivity contribution in [3.8, 4) is 0 Å². The van der Waals surface area contributed by atoms with E-state index in [4.69, 9.17) is 0 Å². The number of hydrogen-bond donors (Lipinski definition) is 0. The lowest BCUT2D eigenvalue weighted by Crippen LogP contribution is -2.29. The molecule has 0 aromatic rings. The Morgan fingerprint density at radius 1 is 1.64 bits per heavy atom. The van der Waals surface area contributed by atoms with E-state index in [1.807, 2.05) is 12.2 Å². The molecule has 62 valence electrons. The smallest absolute Gasteiger partial charge is 0.321 e. The second-order valence-corrected chi connectivity index (χ2v) is 3.93. The molecule has 0 N–H and O–H groups in total. The molecule has 0 aliphatic carbocycles. The van der Waals surface area contributed by atoms with E-state index < -0.39 is 16.0 Å². The van der Waals surface area contributed by atoms with Crippen molar-refractivity contribution in [3.05, 3.63) is 12.2 Å². The first-order valence-corrected chi connectivity index (χ1v) is 4.74. The summed E-state index contributed by atoms with van der Waals surface area (Å²) in [4.78, 5) is 10.9. The second kappa shape index (κ2) is 3.67. The molecule has 0 aromatic heterocycles. The molecule has 1 heterocycles. The highest BCUT2D eigenvalue weighted by Crippen LogP contribution is 2.10. The molecule has 1 aliphatic heterocycles. The van der Waals surface area contributed by atoms with Gasteiger partial charge in [0.1, 0.15) is 5.25 Å². The fraction of sp³-hybridized carbons (Fsp3) is 0.571. The second-order valence-electron chi connectivity index (χ2n) is 2.27. The number of rotatable bonds is 1. The largest absolute Gasteiger partial charge is 0.468 e. The Bertz CT molecular complexity index is 210. The van der Waals surface area contributed by atoms with Crippen LogP contribution in [0.1, 0.15) is 6.42 Å². The maximum atomic E-state index is 11.2. The minimum absolute atomic E-state index is 0.368. The van der Waals surface area contributed by atoms with E-state index in [2.05, 4.69) is 4.74 Å². The third-order valence-electron chi connectivity index (χ3n) is 1.56. The van der Waals surface area contributed by atoms with Crippen molar-refractivity contribution in [2.24, 2.45) is 0 Å². The number of allylic oxidation sites excluding steroid dienone is 1. The highest BCUT2D eigenvalue weighted by Gasteiger charge is 2.25. The van der Waals surface area contributed by atoms with E-state index in [0.717, 1.165) is 0 Å².